The fraction of sp³-hybridized carbons (Fsp3) is 0.118. The number of primary sulfonamides is 1. The highest BCUT2D eigenvalue weighted by Gasteiger charge is 2.15. The molecule has 2 aromatic carbocycles. The molecule has 146 valence electrons. The van der Waals surface area contributed by atoms with Crippen LogP contribution >= 0.6 is 11.3 Å². The summed E-state index contributed by atoms with van der Waals surface area (Å²) in [5, 5.41) is 5.15. The molecule has 1 amide bonds. The minimum Gasteiger partial charge on any atom is -0.468 e. The summed E-state index contributed by atoms with van der Waals surface area (Å²) in [7, 11) is -2.70. The first kappa shape index (κ1) is 19.9. The Hall–Kier alpha value is -2.89. The van der Waals surface area contributed by atoms with Gasteiger partial charge in [0.05, 0.1) is 22.2 Å². The van der Waals surface area contributed by atoms with Gasteiger partial charge in [0, 0.05) is 5.56 Å². The van der Waals surface area contributed by atoms with Crippen LogP contribution in [0, 0.1) is 5.82 Å². The van der Waals surface area contributed by atoms with Crippen LogP contribution in [0.15, 0.2) is 52.4 Å². The molecule has 0 aliphatic carbocycles. The summed E-state index contributed by atoms with van der Waals surface area (Å²) in [6.45, 7) is -0.235. The highest BCUT2D eigenvalue weighted by molar-refractivity contribution is 7.89. The number of carbonyl (C=O) groups excluding carboxylic acids is 2. The Morgan fingerprint density at radius 1 is 1.21 bits per heavy atom. The number of hydrogen-bond donors (Lipinski definition) is 1. The van der Waals surface area contributed by atoms with Crippen LogP contribution in [-0.4, -0.2) is 32.0 Å². The molecular formula is C17H14FN3O5S2. The van der Waals surface area contributed by atoms with Gasteiger partial charge >= 0.3 is 5.97 Å². The topological polar surface area (TPSA) is 121 Å². The maximum atomic E-state index is 13.0. The number of amides is 1. The van der Waals surface area contributed by atoms with Crippen LogP contribution in [0.3, 0.4) is 0 Å². The number of thiazole rings is 1. The molecule has 1 aromatic heterocycles. The molecule has 3 aromatic rings. The molecule has 0 aliphatic heterocycles. The fourth-order valence-electron chi connectivity index (χ4n) is 2.41. The summed E-state index contributed by atoms with van der Waals surface area (Å²) >= 11 is 1.01. The van der Waals surface area contributed by atoms with E-state index in [1.54, 1.807) is 0 Å². The quantitative estimate of drug-likeness (QED) is 0.636. The molecule has 28 heavy (non-hydrogen) atoms. The van der Waals surface area contributed by atoms with Crippen LogP contribution < -0.4 is 9.94 Å². The lowest BCUT2D eigenvalue weighted by atomic mass is 10.2. The minimum atomic E-state index is -3.92. The highest BCUT2D eigenvalue weighted by atomic mass is 32.2. The molecule has 0 fully saturated rings. The van der Waals surface area contributed by atoms with E-state index < -0.39 is 27.7 Å². The van der Waals surface area contributed by atoms with E-state index in [-0.39, 0.29) is 21.8 Å². The smallest absolute Gasteiger partial charge is 0.325 e. The van der Waals surface area contributed by atoms with Crippen molar-refractivity contribution in [2.24, 2.45) is 10.1 Å². The predicted octanol–water partition coefficient (Wildman–Crippen LogP) is 1.40. The van der Waals surface area contributed by atoms with Crippen LogP contribution in [0.25, 0.3) is 10.2 Å². The average Bonchev–Trinajstić information content (AvgIpc) is 2.97. The Labute approximate surface area is 162 Å². The molecular weight excluding hydrogens is 409 g/mol. The molecule has 0 saturated heterocycles. The zero-order valence-corrected chi connectivity index (χ0v) is 16.1. The second-order valence-electron chi connectivity index (χ2n) is 5.65. The SMILES string of the molecule is COC(=O)Cn1c(=NC(=O)c2ccc(F)cc2)sc2cc(S(N)(=O)=O)ccc21. The third kappa shape index (κ3) is 4.16. The zero-order chi connectivity index (χ0) is 20.5. The number of rotatable bonds is 4. The summed E-state index contributed by atoms with van der Waals surface area (Å²) < 4.78 is 42.8. The lowest BCUT2D eigenvalue weighted by Crippen LogP contribution is -2.22. The number of halogens is 1. The summed E-state index contributed by atoms with van der Waals surface area (Å²) in [6.07, 6.45) is 0. The third-order valence-corrected chi connectivity index (χ3v) is 5.74. The molecule has 8 nitrogen and oxygen atoms in total. The van der Waals surface area contributed by atoms with Gasteiger partial charge in [-0.2, -0.15) is 4.99 Å². The summed E-state index contributed by atoms with van der Waals surface area (Å²) in [6, 6.07) is 8.95. The Balaban J connectivity index is 2.18. The molecule has 0 radical (unpaired) electrons. The van der Waals surface area contributed by atoms with E-state index in [4.69, 9.17) is 5.14 Å². The predicted molar refractivity (Wildman–Crippen MR) is 99.5 cm³/mol. The Kier molecular flexibility index (Phi) is 5.40. The van der Waals surface area contributed by atoms with Crippen molar-refractivity contribution in [2.75, 3.05) is 7.11 Å². The lowest BCUT2D eigenvalue weighted by molar-refractivity contribution is -0.141. The summed E-state index contributed by atoms with van der Waals surface area (Å²) in [4.78, 5) is 28.2. The van der Waals surface area contributed by atoms with Crippen molar-refractivity contribution in [3.8, 4) is 0 Å². The fourth-order valence-corrected chi connectivity index (χ4v) is 4.09. The molecule has 0 atom stereocenters. The van der Waals surface area contributed by atoms with Crippen molar-refractivity contribution in [1.29, 1.82) is 0 Å². The molecule has 3 rings (SSSR count). The molecule has 0 unspecified atom stereocenters. The number of hydrogen-bond acceptors (Lipinski definition) is 6. The van der Waals surface area contributed by atoms with E-state index in [0.717, 1.165) is 23.5 Å². The minimum absolute atomic E-state index is 0.108. The van der Waals surface area contributed by atoms with Crippen molar-refractivity contribution < 1.29 is 27.1 Å². The van der Waals surface area contributed by atoms with Gasteiger partial charge in [0.2, 0.25) is 10.0 Å². The number of fused-ring (bicyclic) bond motifs is 1. The van der Waals surface area contributed by atoms with Crippen molar-refractivity contribution in [3.05, 3.63) is 58.6 Å². The van der Waals surface area contributed by atoms with Crippen molar-refractivity contribution in [3.63, 3.8) is 0 Å². The first-order chi connectivity index (χ1) is 13.2. The number of aromatic nitrogens is 1. The largest absolute Gasteiger partial charge is 0.468 e. The highest BCUT2D eigenvalue weighted by Crippen LogP contribution is 2.21. The van der Waals surface area contributed by atoms with Crippen LogP contribution in [0.5, 0.6) is 0 Å². The Bertz CT molecular complexity index is 1240. The number of ether oxygens (including phenoxy) is 1. The first-order valence-electron chi connectivity index (χ1n) is 7.76. The molecule has 0 bridgehead atoms. The number of sulfonamides is 1. The second-order valence-corrected chi connectivity index (χ2v) is 8.22. The van der Waals surface area contributed by atoms with Gasteiger partial charge in [0.15, 0.2) is 4.80 Å². The molecule has 0 saturated carbocycles. The van der Waals surface area contributed by atoms with Gasteiger partial charge in [-0.3, -0.25) is 9.59 Å². The van der Waals surface area contributed by atoms with Gasteiger partial charge in [-0.15, -0.1) is 0 Å². The maximum absolute atomic E-state index is 13.0. The third-order valence-electron chi connectivity index (χ3n) is 3.79. The monoisotopic (exact) mass is 423 g/mol. The molecule has 2 N–H and O–H groups in total. The van der Waals surface area contributed by atoms with E-state index in [9.17, 15) is 22.4 Å². The molecule has 11 heteroatoms. The van der Waals surface area contributed by atoms with Crippen molar-refractivity contribution in [1.82, 2.24) is 4.57 Å². The van der Waals surface area contributed by atoms with Gasteiger partial charge in [-0.1, -0.05) is 11.3 Å². The number of nitrogens with zero attached hydrogens (tertiary/aromatic N) is 2. The maximum Gasteiger partial charge on any atom is 0.325 e. The van der Waals surface area contributed by atoms with Gasteiger partial charge in [0.1, 0.15) is 12.4 Å². The van der Waals surface area contributed by atoms with Crippen LogP contribution in [0.4, 0.5) is 4.39 Å². The molecule has 1 heterocycles. The van der Waals surface area contributed by atoms with E-state index >= 15 is 0 Å². The van der Waals surface area contributed by atoms with Gasteiger partial charge in [-0.05, 0) is 42.5 Å². The van der Waals surface area contributed by atoms with E-state index in [2.05, 4.69) is 9.73 Å². The second kappa shape index (κ2) is 7.62. The average molecular weight is 423 g/mol. The van der Waals surface area contributed by atoms with E-state index in [1.165, 1.54) is 42.0 Å². The molecule has 0 spiro atoms. The number of esters is 1. The van der Waals surface area contributed by atoms with Gasteiger partial charge < -0.3 is 9.30 Å². The van der Waals surface area contributed by atoms with Crippen LogP contribution in [0.2, 0.25) is 0 Å². The van der Waals surface area contributed by atoms with E-state index in [0.29, 0.717) is 10.2 Å². The zero-order valence-electron chi connectivity index (χ0n) is 14.5. The normalized spacial score (nSPS) is 12.3. The first-order valence-corrected chi connectivity index (χ1v) is 10.1. The van der Waals surface area contributed by atoms with Crippen LogP contribution in [0.1, 0.15) is 10.4 Å². The Morgan fingerprint density at radius 2 is 1.89 bits per heavy atom. The molecule has 0 aliphatic rings. The Morgan fingerprint density at radius 3 is 2.50 bits per heavy atom. The number of methoxy groups -OCH3 is 1. The van der Waals surface area contributed by atoms with Gasteiger partial charge in [-0.25, -0.2) is 17.9 Å². The number of nitrogens with two attached hydrogens (primary N) is 1. The summed E-state index contributed by atoms with van der Waals surface area (Å²) in [5.74, 6) is -1.71. The number of carbonyl (C=O) groups is 2. The summed E-state index contributed by atoms with van der Waals surface area (Å²) in [5.41, 5.74) is 0.641. The van der Waals surface area contributed by atoms with Crippen LogP contribution in [-0.2, 0) is 26.1 Å². The number of benzene rings is 2. The standard InChI is InChI=1S/C17H14FN3O5S2/c1-26-15(22)9-21-13-7-6-12(28(19,24)25)8-14(13)27-17(21)20-16(23)10-2-4-11(18)5-3-10/h2-8H,9H2,1H3,(H2,19,24,25). The lowest BCUT2D eigenvalue weighted by Gasteiger charge is -2.04. The van der Waals surface area contributed by atoms with E-state index in [1.807, 2.05) is 0 Å². The van der Waals surface area contributed by atoms with Gasteiger partial charge in [0.25, 0.3) is 5.91 Å². The van der Waals surface area contributed by atoms with Crippen molar-refractivity contribution >= 4 is 43.5 Å². The van der Waals surface area contributed by atoms with Crippen molar-refractivity contribution in [2.45, 2.75) is 11.4 Å².